The molecule has 0 unspecified atom stereocenters. The number of hydrogen-bond donors (Lipinski definition) is 1. The number of ether oxygens (including phenoxy) is 1. The van der Waals surface area contributed by atoms with Crippen molar-refractivity contribution in [1.82, 2.24) is 0 Å². The lowest BCUT2D eigenvalue weighted by molar-refractivity contribution is 0.101. The van der Waals surface area contributed by atoms with Crippen LogP contribution >= 0.6 is 0 Å². The predicted molar refractivity (Wildman–Crippen MR) is 88.3 cm³/mol. The fourth-order valence-corrected chi connectivity index (χ4v) is 2.24. The Hall–Kier alpha value is -3.08. The summed E-state index contributed by atoms with van der Waals surface area (Å²) in [5.74, 6) is 0.692. The molecule has 0 fully saturated rings. The minimum Gasteiger partial charge on any atom is -0.497 e. The van der Waals surface area contributed by atoms with Gasteiger partial charge < -0.3 is 14.5 Å². The smallest absolute Gasteiger partial charge is 0.336 e. The highest BCUT2D eigenvalue weighted by molar-refractivity contribution is 5.99. The Morgan fingerprint density at radius 1 is 1.09 bits per heavy atom. The van der Waals surface area contributed by atoms with Crippen molar-refractivity contribution in [2.24, 2.45) is 0 Å². The molecule has 23 heavy (non-hydrogen) atoms. The van der Waals surface area contributed by atoms with Crippen LogP contribution in [0.3, 0.4) is 0 Å². The molecule has 0 aliphatic carbocycles. The number of ketones is 1. The van der Waals surface area contributed by atoms with Crippen molar-refractivity contribution < 1.29 is 13.9 Å². The molecule has 0 radical (unpaired) electrons. The van der Waals surface area contributed by atoms with Crippen molar-refractivity contribution in [2.45, 2.75) is 0 Å². The average molecular weight is 309 g/mol. The molecule has 0 saturated carbocycles. The highest BCUT2D eigenvalue weighted by Crippen LogP contribution is 2.18. The van der Waals surface area contributed by atoms with Crippen LogP contribution in [-0.4, -0.2) is 19.4 Å². The summed E-state index contributed by atoms with van der Waals surface area (Å²) in [6, 6.07) is 15.3. The number of fused-ring (bicyclic) bond motifs is 1. The second-order valence-electron chi connectivity index (χ2n) is 5.01. The zero-order valence-corrected chi connectivity index (χ0v) is 12.5. The van der Waals surface area contributed by atoms with Crippen LogP contribution < -0.4 is 15.7 Å². The molecular formula is C18H15NO4. The third kappa shape index (κ3) is 3.40. The van der Waals surface area contributed by atoms with E-state index in [1.54, 1.807) is 49.6 Å². The number of benzene rings is 2. The Kier molecular flexibility index (Phi) is 4.10. The Bertz CT molecular complexity index is 897. The van der Waals surface area contributed by atoms with Gasteiger partial charge in [-0.3, -0.25) is 4.79 Å². The Labute approximate surface area is 132 Å². The van der Waals surface area contributed by atoms with Crippen molar-refractivity contribution in [3.8, 4) is 5.75 Å². The van der Waals surface area contributed by atoms with Crippen LogP contribution in [0.25, 0.3) is 11.0 Å². The summed E-state index contributed by atoms with van der Waals surface area (Å²) in [7, 11) is 1.58. The van der Waals surface area contributed by atoms with Gasteiger partial charge >= 0.3 is 5.63 Å². The topological polar surface area (TPSA) is 68.5 Å². The van der Waals surface area contributed by atoms with Crippen LogP contribution in [0.15, 0.2) is 63.8 Å². The summed E-state index contributed by atoms with van der Waals surface area (Å²) in [5, 5.41) is 3.88. The number of rotatable bonds is 5. The van der Waals surface area contributed by atoms with E-state index in [1.807, 2.05) is 6.07 Å². The van der Waals surface area contributed by atoms with Crippen molar-refractivity contribution >= 4 is 22.4 Å². The SMILES string of the molecule is COc1ccc(C(=O)CNc2ccc3oc(=O)ccc3c2)cc1. The van der Waals surface area contributed by atoms with E-state index in [0.717, 1.165) is 11.1 Å². The highest BCUT2D eigenvalue weighted by Gasteiger charge is 2.06. The van der Waals surface area contributed by atoms with Gasteiger partial charge in [-0.15, -0.1) is 0 Å². The fraction of sp³-hybridized carbons (Fsp3) is 0.111. The van der Waals surface area contributed by atoms with E-state index >= 15 is 0 Å². The van der Waals surface area contributed by atoms with Gasteiger partial charge in [-0.25, -0.2) is 4.79 Å². The van der Waals surface area contributed by atoms with Crippen LogP contribution in [0, 0.1) is 0 Å². The van der Waals surface area contributed by atoms with Gasteiger partial charge in [0.2, 0.25) is 0 Å². The van der Waals surface area contributed by atoms with Crippen LogP contribution in [0.2, 0.25) is 0 Å². The van der Waals surface area contributed by atoms with Gasteiger partial charge in [-0.05, 0) is 48.5 Å². The lowest BCUT2D eigenvalue weighted by Gasteiger charge is -2.07. The molecule has 1 aromatic heterocycles. The monoisotopic (exact) mass is 309 g/mol. The summed E-state index contributed by atoms with van der Waals surface area (Å²) < 4.78 is 10.1. The zero-order chi connectivity index (χ0) is 16.2. The fourth-order valence-electron chi connectivity index (χ4n) is 2.24. The first-order valence-corrected chi connectivity index (χ1v) is 7.11. The van der Waals surface area contributed by atoms with E-state index < -0.39 is 0 Å². The van der Waals surface area contributed by atoms with Crippen LogP contribution in [0.1, 0.15) is 10.4 Å². The van der Waals surface area contributed by atoms with E-state index in [-0.39, 0.29) is 18.0 Å². The summed E-state index contributed by atoms with van der Waals surface area (Å²) in [6.45, 7) is 0.175. The largest absolute Gasteiger partial charge is 0.497 e. The minimum atomic E-state index is -0.382. The number of hydrogen-bond acceptors (Lipinski definition) is 5. The molecule has 0 saturated heterocycles. The quantitative estimate of drug-likeness (QED) is 0.579. The maximum absolute atomic E-state index is 12.2. The molecule has 0 aliphatic rings. The number of carbonyl (C=O) groups excluding carboxylic acids is 1. The van der Waals surface area contributed by atoms with Crippen molar-refractivity contribution in [3.63, 3.8) is 0 Å². The van der Waals surface area contributed by atoms with Crippen LogP contribution in [0.5, 0.6) is 5.75 Å². The van der Waals surface area contributed by atoms with Gasteiger partial charge in [0.15, 0.2) is 5.78 Å². The van der Waals surface area contributed by atoms with Gasteiger partial charge in [0, 0.05) is 22.7 Å². The number of nitrogens with one attached hydrogen (secondary N) is 1. The average Bonchev–Trinajstić information content (AvgIpc) is 2.59. The van der Waals surface area contributed by atoms with Crippen LogP contribution in [-0.2, 0) is 0 Å². The van der Waals surface area contributed by atoms with Crippen LogP contribution in [0.4, 0.5) is 5.69 Å². The molecule has 5 heteroatoms. The molecule has 2 aromatic carbocycles. The number of anilines is 1. The molecule has 0 amide bonds. The third-order valence-electron chi connectivity index (χ3n) is 3.48. The Morgan fingerprint density at radius 2 is 1.87 bits per heavy atom. The first-order chi connectivity index (χ1) is 11.2. The van der Waals surface area contributed by atoms with Crippen molar-refractivity contribution in [1.29, 1.82) is 0 Å². The van der Waals surface area contributed by atoms with Gasteiger partial charge in [-0.2, -0.15) is 0 Å². The van der Waals surface area contributed by atoms with Crippen molar-refractivity contribution in [2.75, 3.05) is 19.0 Å². The summed E-state index contributed by atoms with van der Waals surface area (Å²) in [6.07, 6.45) is 0. The molecule has 5 nitrogen and oxygen atoms in total. The van der Waals surface area contributed by atoms with E-state index in [9.17, 15) is 9.59 Å². The number of methoxy groups -OCH3 is 1. The first kappa shape index (κ1) is 14.8. The molecule has 1 heterocycles. The molecule has 0 aliphatic heterocycles. The number of Topliss-reactive ketones (excluding diaryl/α,β-unsaturated/α-hetero) is 1. The predicted octanol–water partition coefficient (Wildman–Crippen LogP) is 3.10. The Morgan fingerprint density at radius 3 is 2.61 bits per heavy atom. The van der Waals surface area contributed by atoms with E-state index in [1.165, 1.54) is 6.07 Å². The van der Waals surface area contributed by atoms with Gasteiger partial charge in [0.1, 0.15) is 11.3 Å². The molecule has 116 valence electrons. The normalized spacial score (nSPS) is 10.5. The van der Waals surface area contributed by atoms with E-state index in [0.29, 0.717) is 16.9 Å². The molecule has 0 bridgehead atoms. The lowest BCUT2D eigenvalue weighted by Crippen LogP contribution is -2.13. The van der Waals surface area contributed by atoms with Crippen molar-refractivity contribution in [3.05, 3.63) is 70.6 Å². The lowest BCUT2D eigenvalue weighted by atomic mass is 10.1. The molecule has 0 atom stereocenters. The standard InChI is InChI=1S/C18H15NO4/c1-22-15-6-2-12(3-7-15)16(20)11-19-14-5-8-17-13(10-14)4-9-18(21)23-17/h2-10,19H,11H2,1H3. The van der Waals surface area contributed by atoms with E-state index in [4.69, 9.17) is 9.15 Å². The summed E-state index contributed by atoms with van der Waals surface area (Å²) in [4.78, 5) is 23.3. The maximum atomic E-state index is 12.2. The summed E-state index contributed by atoms with van der Waals surface area (Å²) >= 11 is 0. The third-order valence-corrected chi connectivity index (χ3v) is 3.48. The molecule has 1 N–H and O–H groups in total. The first-order valence-electron chi connectivity index (χ1n) is 7.11. The maximum Gasteiger partial charge on any atom is 0.336 e. The minimum absolute atomic E-state index is 0.0210. The highest BCUT2D eigenvalue weighted by atomic mass is 16.5. The second kappa shape index (κ2) is 6.36. The summed E-state index contributed by atoms with van der Waals surface area (Å²) in [5.41, 5.74) is 1.54. The molecule has 3 aromatic rings. The number of carbonyl (C=O) groups is 1. The van der Waals surface area contributed by atoms with Gasteiger partial charge in [0.05, 0.1) is 13.7 Å². The van der Waals surface area contributed by atoms with Gasteiger partial charge in [-0.1, -0.05) is 0 Å². The Balaban J connectivity index is 1.70. The second-order valence-corrected chi connectivity index (χ2v) is 5.01. The molecule has 3 rings (SSSR count). The zero-order valence-electron chi connectivity index (χ0n) is 12.5. The molecule has 0 spiro atoms. The van der Waals surface area contributed by atoms with Gasteiger partial charge in [0.25, 0.3) is 0 Å². The molecular weight excluding hydrogens is 294 g/mol. The van der Waals surface area contributed by atoms with E-state index in [2.05, 4.69) is 5.32 Å².